The van der Waals surface area contributed by atoms with Crippen LogP contribution < -0.4 is 0 Å². The van der Waals surface area contributed by atoms with Crippen molar-refractivity contribution in [3.63, 3.8) is 0 Å². The Balaban J connectivity index is 3.38. The summed E-state index contributed by atoms with van der Waals surface area (Å²) in [5, 5.41) is -0.321. The van der Waals surface area contributed by atoms with Crippen LogP contribution in [0.1, 0.15) is 20.7 Å². The average molecular weight is 247 g/mol. The fraction of sp³-hybridized carbons (Fsp3) is 0.200. The zero-order chi connectivity index (χ0) is 12.3. The van der Waals surface area contributed by atoms with Gasteiger partial charge in [-0.15, -0.1) is 0 Å². The van der Waals surface area contributed by atoms with Crippen LogP contribution in [0.15, 0.2) is 12.1 Å². The second-order valence-corrected chi connectivity index (χ2v) is 3.15. The topological polar surface area (TPSA) is 52.6 Å². The predicted octanol–water partition coefficient (Wildman–Crippen LogP) is 2.05. The van der Waals surface area contributed by atoms with E-state index in [2.05, 4.69) is 9.47 Å². The van der Waals surface area contributed by atoms with Crippen LogP contribution in [0.3, 0.4) is 0 Å². The first-order chi connectivity index (χ1) is 7.52. The summed E-state index contributed by atoms with van der Waals surface area (Å²) in [6, 6.07) is 2.08. The van der Waals surface area contributed by atoms with E-state index < -0.39 is 23.3 Å². The third-order valence-electron chi connectivity index (χ3n) is 1.89. The highest BCUT2D eigenvalue weighted by Crippen LogP contribution is 2.25. The molecular weight excluding hydrogens is 239 g/mol. The first kappa shape index (κ1) is 12.4. The van der Waals surface area contributed by atoms with E-state index in [0.29, 0.717) is 0 Å². The van der Waals surface area contributed by atoms with Gasteiger partial charge in [-0.2, -0.15) is 0 Å². The molecule has 1 rings (SSSR count). The molecule has 0 bridgehead atoms. The van der Waals surface area contributed by atoms with Crippen LogP contribution in [0.25, 0.3) is 0 Å². The lowest BCUT2D eigenvalue weighted by molar-refractivity contribution is 0.0595. The molecule has 16 heavy (non-hydrogen) atoms. The van der Waals surface area contributed by atoms with Gasteiger partial charge in [0.2, 0.25) is 0 Å². The van der Waals surface area contributed by atoms with E-state index in [-0.39, 0.29) is 10.6 Å². The van der Waals surface area contributed by atoms with Crippen LogP contribution >= 0.6 is 11.6 Å². The van der Waals surface area contributed by atoms with Gasteiger partial charge in [-0.1, -0.05) is 11.6 Å². The molecule has 86 valence electrons. The van der Waals surface area contributed by atoms with Gasteiger partial charge in [0.1, 0.15) is 11.4 Å². The molecule has 0 N–H and O–H groups in total. The van der Waals surface area contributed by atoms with Gasteiger partial charge in [0.15, 0.2) is 0 Å². The fourth-order valence-electron chi connectivity index (χ4n) is 1.11. The second-order valence-electron chi connectivity index (χ2n) is 2.77. The summed E-state index contributed by atoms with van der Waals surface area (Å²) in [6.45, 7) is 0. The summed E-state index contributed by atoms with van der Waals surface area (Å²) in [7, 11) is 2.24. The summed E-state index contributed by atoms with van der Waals surface area (Å²) in [5.41, 5.74) is -0.571. The average Bonchev–Trinajstić information content (AvgIpc) is 2.28. The van der Waals surface area contributed by atoms with E-state index in [1.54, 1.807) is 0 Å². The SMILES string of the molecule is COC(=O)c1ccc(F)c(C(=O)OC)c1Cl. The number of hydrogen-bond donors (Lipinski definition) is 0. The molecule has 0 aliphatic rings. The standard InChI is InChI=1S/C10H8ClFO4/c1-15-9(13)5-3-4-6(12)7(8(5)11)10(14)16-2/h3-4H,1-2H3. The Labute approximate surface area is 95.9 Å². The van der Waals surface area contributed by atoms with Crippen molar-refractivity contribution in [2.45, 2.75) is 0 Å². The van der Waals surface area contributed by atoms with Gasteiger partial charge in [0, 0.05) is 0 Å². The summed E-state index contributed by atoms with van der Waals surface area (Å²) in [4.78, 5) is 22.4. The highest BCUT2D eigenvalue weighted by Gasteiger charge is 2.22. The molecule has 0 aliphatic heterocycles. The van der Waals surface area contributed by atoms with Gasteiger partial charge < -0.3 is 9.47 Å². The van der Waals surface area contributed by atoms with Gasteiger partial charge in [-0.05, 0) is 12.1 Å². The third-order valence-corrected chi connectivity index (χ3v) is 2.28. The Morgan fingerprint density at radius 3 is 2.25 bits per heavy atom. The van der Waals surface area contributed by atoms with E-state index >= 15 is 0 Å². The largest absolute Gasteiger partial charge is 0.465 e. The lowest BCUT2D eigenvalue weighted by Gasteiger charge is -2.07. The number of halogens is 2. The first-order valence-electron chi connectivity index (χ1n) is 4.17. The molecule has 4 nitrogen and oxygen atoms in total. The van der Waals surface area contributed by atoms with E-state index in [0.717, 1.165) is 26.4 Å². The van der Waals surface area contributed by atoms with Gasteiger partial charge in [0.25, 0.3) is 0 Å². The van der Waals surface area contributed by atoms with Crippen molar-refractivity contribution in [2.24, 2.45) is 0 Å². The molecule has 0 aromatic heterocycles. The van der Waals surface area contributed by atoms with Crippen molar-refractivity contribution in [1.82, 2.24) is 0 Å². The van der Waals surface area contributed by atoms with Gasteiger partial charge in [-0.3, -0.25) is 0 Å². The van der Waals surface area contributed by atoms with Crippen LogP contribution in [-0.4, -0.2) is 26.2 Å². The molecule has 0 unspecified atom stereocenters. The number of ether oxygens (including phenoxy) is 2. The Morgan fingerprint density at radius 2 is 1.75 bits per heavy atom. The minimum atomic E-state index is -0.951. The molecule has 0 saturated carbocycles. The van der Waals surface area contributed by atoms with E-state index in [1.165, 1.54) is 0 Å². The van der Waals surface area contributed by atoms with Crippen LogP contribution in [-0.2, 0) is 9.47 Å². The van der Waals surface area contributed by atoms with E-state index in [1.807, 2.05) is 0 Å². The zero-order valence-electron chi connectivity index (χ0n) is 8.54. The van der Waals surface area contributed by atoms with Gasteiger partial charge >= 0.3 is 11.9 Å². The maximum Gasteiger partial charge on any atom is 0.342 e. The summed E-state index contributed by atoms with van der Waals surface area (Å²) in [6.07, 6.45) is 0. The third kappa shape index (κ3) is 2.14. The number of benzene rings is 1. The highest BCUT2D eigenvalue weighted by atomic mass is 35.5. The first-order valence-corrected chi connectivity index (χ1v) is 4.55. The maximum atomic E-state index is 13.3. The number of rotatable bonds is 2. The number of methoxy groups -OCH3 is 2. The lowest BCUT2D eigenvalue weighted by Crippen LogP contribution is -2.10. The Morgan fingerprint density at radius 1 is 1.19 bits per heavy atom. The molecule has 0 fully saturated rings. The molecule has 6 heteroatoms. The lowest BCUT2D eigenvalue weighted by atomic mass is 10.1. The van der Waals surface area contributed by atoms with Crippen LogP contribution in [0, 0.1) is 5.82 Å². The molecular formula is C10H8ClFO4. The molecule has 0 spiro atoms. The van der Waals surface area contributed by atoms with Crippen LogP contribution in [0.5, 0.6) is 0 Å². The number of carbonyl (C=O) groups is 2. The molecule has 1 aromatic carbocycles. The molecule has 0 aliphatic carbocycles. The summed E-state index contributed by atoms with van der Waals surface area (Å²) < 4.78 is 22.1. The zero-order valence-corrected chi connectivity index (χ0v) is 9.30. The summed E-state index contributed by atoms with van der Waals surface area (Å²) >= 11 is 5.72. The van der Waals surface area contributed by atoms with Crippen molar-refractivity contribution in [2.75, 3.05) is 14.2 Å². The smallest absolute Gasteiger partial charge is 0.342 e. The van der Waals surface area contributed by atoms with Crippen molar-refractivity contribution in [1.29, 1.82) is 0 Å². The minimum Gasteiger partial charge on any atom is -0.465 e. The molecule has 0 heterocycles. The Kier molecular flexibility index (Phi) is 3.84. The summed E-state index contributed by atoms with van der Waals surface area (Å²) in [5.74, 6) is -2.56. The molecule has 0 amide bonds. The predicted molar refractivity (Wildman–Crippen MR) is 54.1 cm³/mol. The number of hydrogen-bond acceptors (Lipinski definition) is 4. The van der Waals surface area contributed by atoms with Gasteiger partial charge in [0.05, 0.1) is 24.8 Å². The van der Waals surface area contributed by atoms with Gasteiger partial charge in [-0.25, -0.2) is 14.0 Å². The van der Waals surface area contributed by atoms with Crippen LogP contribution in [0.2, 0.25) is 5.02 Å². The fourth-order valence-corrected chi connectivity index (χ4v) is 1.42. The molecule has 0 saturated heterocycles. The van der Waals surface area contributed by atoms with Crippen molar-refractivity contribution < 1.29 is 23.5 Å². The van der Waals surface area contributed by atoms with E-state index in [9.17, 15) is 14.0 Å². The quantitative estimate of drug-likeness (QED) is 0.750. The maximum absolute atomic E-state index is 13.3. The molecule has 0 atom stereocenters. The normalized spacial score (nSPS) is 9.75. The Hall–Kier alpha value is -1.62. The highest BCUT2D eigenvalue weighted by molar-refractivity contribution is 6.36. The molecule has 1 aromatic rings. The second kappa shape index (κ2) is 4.94. The van der Waals surface area contributed by atoms with E-state index in [4.69, 9.17) is 11.6 Å². The van der Waals surface area contributed by atoms with Crippen molar-refractivity contribution in [3.05, 3.63) is 34.1 Å². The molecule has 0 radical (unpaired) electrons. The monoisotopic (exact) mass is 246 g/mol. The van der Waals surface area contributed by atoms with Crippen molar-refractivity contribution >= 4 is 23.5 Å². The van der Waals surface area contributed by atoms with Crippen molar-refractivity contribution in [3.8, 4) is 0 Å². The number of carbonyl (C=O) groups excluding carboxylic acids is 2. The van der Waals surface area contributed by atoms with Crippen LogP contribution in [0.4, 0.5) is 4.39 Å². The number of esters is 2. The minimum absolute atomic E-state index is 0.0917. The Bertz CT molecular complexity index is 445.